The number of sulfonamides is 1. The summed E-state index contributed by atoms with van der Waals surface area (Å²) in [6.07, 6.45) is 0.855. The Morgan fingerprint density at radius 3 is 2.59 bits per heavy atom. The van der Waals surface area contributed by atoms with Crippen molar-refractivity contribution >= 4 is 27.0 Å². The first-order chi connectivity index (χ1) is 15.3. The molecule has 12 heteroatoms. The molecule has 2 fully saturated rings. The zero-order valence-corrected chi connectivity index (χ0v) is 18.7. The molecular weight excluding hydrogens is 444 g/mol. The van der Waals surface area contributed by atoms with Gasteiger partial charge in [0.05, 0.1) is 23.5 Å². The van der Waals surface area contributed by atoms with Crippen LogP contribution in [0.4, 0.5) is 14.7 Å². The van der Waals surface area contributed by atoms with E-state index >= 15 is 0 Å². The fraction of sp³-hybridized carbons (Fsp3) is 0.650. The van der Waals surface area contributed by atoms with Gasteiger partial charge in [0.1, 0.15) is 7.02 Å². The Labute approximate surface area is 185 Å². The zero-order chi connectivity index (χ0) is 24.2. The number of nitrogens with one attached hydrogen (secondary N) is 1. The SMILES string of the molecule is [2H]C(F)(F)c1cc2cnc(NC3CCN(S(C)(=O)=O)CC3)nc2n([C@@H]2CCC[C@@]2(C)O)c1=O. The van der Waals surface area contributed by atoms with Crippen LogP contribution in [0.5, 0.6) is 0 Å². The molecule has 9 nitrogen and oxygen atoms in total. The van der Waals surface area contributed by atoms with Gasteiger partial charge in [-0.2, -0.15) is 4.98 Å². The summed E-state index contributed by atoms with van der Waals surface area (Å²) in [6, 6.07) is 0.0572. The third-order valence-corrected chi connectivity index (χ3v) is 7.73. The van der Waals surface area contributed by atoms with Gasteiger partial charge in [0.15, 0.2) is 0 Å². The van der Waals surface area contributed by atoms with Crippen molar-refractivity contribution in [2.24, 2.45) is 0 Å². The lowest BCUT2D eigenvalue weighted by Crippen LogP contribution is -2.42. The summed E-state index contributed by atoms with van der Waals surface area (Å²) >= 11 is 0. The number of alkyl halides is 2. The Bertz CT molecular complexity index is 1220. The van der Waals surface area contributed by atoms with Gasteiger partial charge in [-0.15, -0.1) is 0 Å². The summed E-state index contributed by atoms with van der Waals surface area (Å²) in [6.45, 7) is 2.26. The molecule has 2 aliphatic rings. The number of aromatic nitrogens is 3. The molecule has 176 valence electrons. The van der Waals surface area contributed by atoms with E-state index in [2.05, 4.69) is 15.3 Å². The average Bonchev–Trinajstić information content (AvgIpc) is 3.05. The van der Waals surface area contributed by atoms with Gasteiger partial charge in [-0.1, -0.05) is 0 Å². The van der Waals surface area contributed by atoms with E-state index in [1.807, 2.05) is 0 Å². The van der Waals surface area contributed by atoms with Crippen molar-refractivity contribution in [3.8, 4) is 0 Å². The second kappa shape index (κ2) is 8.31. The number of pyridine rings is 1. The number of nitrogens with zero attached hydrogens (tertiary/aromatic N) is 4. The molecule has 0 unspecified atom stereocenters. The molecule has 1 saturated heterocycles. The van der Waals surface area contributed by atoms with Crippen LogP contribution in [0.1, 0.15) is 58.4 Å². The predicted octanol–water partition coefficient (Wildman–Crippen LogP) is 2.04. The third kappa shape index (κ3) is 4.35. The number of halogens is 2. The number of hydrogen-bond acceptors (Lipinski definition) is 7. The number of anilines is 1. The standard InChI is InChI=1S/C20H27F2N5O4S/c1-20(29)7-3-4-15(20)27-17-12(10-14(16(21)22)18(27)28)11-23-19(25-17)24-13-5-8-26(9-6-13)32(2,30)31/h10-11,13,15-16,29H,3-9H2,1-2H3,(H,23,24,25)/t15-,20-/m1/s1/i16D. The quantitative estimate of drug-likeness (QED) is 0.684. The summed E-state index contributed by atoms with van der Waals surface area (Å²) < 4.78 is 60.8. The van der Waals surface area contributed by atoms with Crippen molar-refractivity contribution < 1.29 is 23.7 Å². The molecule has 2 N–H and O–H groups in total. The molecule has 0 bridgehead atoms. The molecule has 0 amide bonds. The Morgan fingerprint density at radius 1 is 1.34 bits per heavy atom. The van der Waals surface area contributed by atoms with Crippen LogP contribution in [0, 0.1) is 0 Å². The second-order valence-corrected chi connectivity index (χ2v) is 10.8. The van der Waals surface area contributed by atoms with Gasteiger partial charge in [0.2, 0.25) is 16.0 Å². The van der Waals surface area contributed by atoms with E-state index in [4.69, 9.17) is 1.37 Å². The van der Waals surface area contributed by atoms with Crippen LogP contribution in [0.3, 0.4) is 0 Å². The summed E-state index contributed by atoms with van der Waals surface area (Å²) in [5.41, 5.74) is -3.23. The van der Waals surface area contributed by atoms with Crippen molar-refractivity contribution in [1.29, 1.82) is 0 Å². The number of aliphatic hydroxyl groups is 1. The maximum Gasteiger partial charge on any atom is 0.269 e. The predicted molar refractivity (Wildman–Crippen MR) is 115 cm³/mol. The molecule has 2 aromatic heterocycles. The van der Waals surface area contributed by atoms with Crippen molar-refractivity contribution in [2.45, 2.75) is 63.1 Å². The molecule has 1 aliphatic heterocycles. The van der Waals surface area contributed by atoms with Gasteiger partial charge in [0.25, 0.3) is 12.0 Å². The minimum atomic E-state index is -4.11. The van der Waals surface area contributed by atoms with Crippen LogP contribution in [0.15, 0.2) is 17.1 Å². The van der Waals surface area contributed by atoms with E-state index < -0.39 is 39.2 Å². The van der Waals surface area contributed by atoms with E-state index in [1.54, 1.807) is 6.92 Å². The normalized spacial score (nSPS) is 26.4. The minimum Gasteiger partial charge on any atom is -0.388 e. The van der Waals surface area contributed by atoms with Gasteiger partial charge in [0, 0.05) is 30.7 Å². The first-order valence-corrected chi connectivity index (χ1v) is 12.4. The van der Waals surface area contributed by atoms with Crippen molar-refractivity contribution in [2.75, 3.05) is 24.7 Å². The lowest BCUT2D eigenvalue weighted by Gasteiger charge is -2.31. The summed E-state index contributed by atoms with van der Waals surface area (Å²) in [5.74, 6) is 0.177. The molecule has 0 aromatic carbocycles. The number of piperidine rings is 1. The van der Waals surface area contributed by atoms with Crippen molar-refractivity contribution in [1.82, 2.24) is 18.8 Å². The second-order valence-electron chi connectivity index (χ2n) is 8.81. The fourth-order valence-corrected chi connectivity index (χ4v) is 5.54. The molecule has 0 spiro atoms. The summed E-state index contributed by atoms with van der Waals surface area (Å²) in [7, 11) is -3.26. The molecule has 2 aromatic rings. The van der Waals surface area contributed by atoms with Crippen LogP contribution in [-0.2, 0) is 10.0 Å². The smallest absolute Gasteiger partial charge is 0.269 e. The number of rotatable bonds is 5. The highest BCUT2D eigenvalue weighted by Gasteiger charge is 2.40. The largest absolute Gasteiger partial charge is 0.388 e. The van der Waals surface area contributed by atoms with Crippen molar-refractivity contribution in [3.05, 3.63) is 28.2 Å². The zero-order valence-electron chi connectivity index (χ0n) is 18.9. The van der Waals surface area contributed by atoms with Crippen LogP contribution in [0.2, 0.25) is 0 Å². The maximum atomic E-state index is 13.9. The highest BCUT2D eigenvalue weighted by atomic mass is 32.2. The summed E-state index contributed by atoms with van der Waals surface area (Å²) in [4.78, 5) is 21.7. The summed E-state index contributed by atoms with van der Waals surface area (Å²) in [5, 5.41) is 14.1. The van der Waals surface area contributed by atoms with E-state index in [1.165, 1.54) is 16.8 Å². The van der Waals surface area contributed by atoms with Crippen LogP contribution < -0.4 is 10.9 Å². The first kappa shape index (κ1) is 21.7. The van der Waals surface area contributed by atoms with Crippen molar-refractivity contribution in [3.63, 3.8) is 0 Å². The molecule has 0 radical (unpaired) electrons. The number of hydrogen-bond donors (Lipinski definition) is 2. The Balaban J connectivity index is 1.73. The van der Waals surface area contributed by atoms with E-state index in [-0.39, 0.29) is 23.0 Å². The Hall–Kier alpha value is -2.18. The average molecular weight is 473 g/mol. The van der Waals surface area contributed by atoms with Gasteiger partial charge in [-0.3, -0.25) is 9.36 Å². The molecule has 3 heterocycles. The number of fused-ring (bicyclic) bond motifs is 1. The topological polar surface area (TPSA) is 117 Å². The van der Waals surface area contributed by atoms with E-state index in [9.17, 15) is 27.1 Å². The van der Waals surface area contributed by atoms with Gasteiger partial charge in [-0.05, 0) is 45.1 Å². The minimum absolute atomic E-state index is 0.103. The van der Waals surface area contributed by atoms with Crippen LogP contribution in [0.25, 0.3) is 11.0 Å². The maximum absolute atomic E-state index is 13.9. The molecule has 1 aliphatic carbocycles. The highest BCUT2D eigenvalue weighted by Crippen LogP contribution is 2.39. The van der Waals surface area contributed by atoms with Crippen LogP contribution >= 0.6 is 0 Å². The molecule has 2 atom stereocenters. The van der Waals surface area contributed by atoms with E-state index in [0.29, 0.717) is 45.2 Å². The van der Waals surface area contributed by atoms with Gasteiger partial charge < -0.3 is 10.4 Å². The molecule has 1 saturated carbocycles. The van der Waals surface area contributed by atoms with Gasteiger partial charge >= 0.3 is 0 Å². The fourth-order valence-electron chi connectivity index (χ4n) is 4.67. The first-order valence-electron chi connectivity index (χ1n) is 11.0. The van der Waals surface area contributed by atoms with Crippen LogP contribution in [-0.4, -0.2) is 63.4 Å². The molecule has 32 heavy (non-hydrogen) atoms. The lowest BCUT2D eigenvalue weighted by molar-refractivity contribution is 0.0261. The third-order valence-electron chi connectivity index (χ3n) is 6.42. The van der Waals surface area contributed by atoms with E-state index in [0.717, 1.165) is 10.6 Å². The molecule has 4 rings (SSSR count). The molecular formula is C20H27F2N5O4S. The van der Waals surface area contributed by atoms with Gasteiger partial charge in [-0.25, -0.2) is 26.5 Å². The monoisotopic (exact) mass is 472 g/mol. The highest BCUT2D eigenvalue weighted by molar-refractivity contribution is 7.88. The Kier molecular flexibility index (Phi) is 5.62. The Morgan fingerprint density at radius 2 is 2.03 bits per heavy atom. The lowest BCUT2D eigenvalue weighted by atomic mass is 9.99.